The molecule has 1 saturated heterocycles. The van der Waals surface area contributed by atoms with Gasteiger partial charge in [0.2, 0.25) is 0 Å². The Morgan fingerprint density at radius 1 is 1.67 bits per heavy atom. The van der Waals surface area contributed by atoms with Gasteiger partial charge in [0.05, 0.1) is 12.7 Å². The van der Waals surface area contributed by atoms with Crippen molar-refractivity contribution < 1.29 is 14.6 Å². The molecule has 9 heavy (non-hydrogen) atoms. The summed E-state index contributed by atoms with van der Waals surface area (Å²) in [7, 11) is 1.58. The maximum Gasteiger partial charge on any atom is 0.109 e. The van der Waals surface area contributed by atoms with Gasteiger partial charge in [-0.15, -0.1) is 0 Å². The third kappa shape index (κ3) is 1.23. The zero-order valence-electron chi connectivity index (χ0n) is 5.70. The molecule has 0 aromatic heterocycles. The van der Waals surface area contributed by atoms with Crippen LogP contribution < -0.4 is 0 Å². The number of rotatable bonds is 1. The second kappa shape index (κ2) is 2.64. The summed E-state index contributed by atoms with van der Waals surface area (Å²) in [5.74, 6) is 0. The van der Waals surface area contributed by atoms with E-state index in [1.165, 1.54) is 0 Å². The minimum Gasteiger partial charge on any atom is -0.388 e. The molecule has 0 radical (unpaired) electrons. The van der Waals surface area contributed by atoms with Crippen molar-refractivity contribution in [1.29, 1.82) is 0 Å². The molecule has 0 saturated carbocycles. The predicted octanol–water partition coefficient (Wildman–Crippen LogP) is -0.219. The van der Waals surface area contributed by atoms with Crippen LogP contribution in [-0.4, -0.2) is 37.1 Å². The van der Waals surface area contributed by atoms with Gasteiger partial charge in [-0.05, 0) is 6.92 Å². The van der Waals surface area contributed by atoms with Crippen LogP contribution in [-0.2, 0) is 9.47 Å². The number of methoxy groups -OCH3 is 1. The van der Waals surface area contributed by atoms with Crippen LogP contribution >= 0.6 is 0 Å². The fourth-order valence-corrected chi connectivity index (χ4v) is 0.954. The second-order valence-corrected chi connectivity index (χ2v) is 2.30. The van der Waals surface area contributed by atoms with Crippen LogP contribution in [0.3, 0.4) is 0 Å². The second-order valence-electron chi connectivity index (χ2n) is 2.30. The Labute approximate surface area is 54.6 Å². The molecule has 3 heteroatoms. The smallest absolute Gasteiger partial charge is 0.109 e. The lowest BCUT2D eigenvalue weighted by atomic mass is 10.2. The van der Waals surface area contributed by atoms with Gasteiger partial charge in [0.25, 0.3) is 0 Å². The van der Waals surface area contributed by atoms with Gasteiger partial charge in [-0.2, -0.15) is 0 Å². The average molecular weight is 132 g/mol. The van der Waals surface area contributed by atoms with Crippen LogP contribution in [0.4, 0.5) is 0 Å². The van der Waals surface area contributed by atoms with Gasteiger partial charge >= 0.3 is 0 Å². The van der Waals surface area contributed by atoms with E-state index >= 15 is 0 Å². The summed E-state index contributed by atoms with van der Waals surface area (Å²) < 4.78 is 10.0. The SMILES string of the molecule is CO[C@H]1CO[C@@H](C)C1O. The van der Waals surface area contributed by atoms with Crippen LogP contribution in [0.2, 0.25) is 0 Å². The van der Waals surface area contributed by atoms with Gasteiger partial charge in [-0.1, -0.05) is 0 Å². The van der Waals surface area contributed by atoms with Crippen molar-refractivity contribution >= 4 is 0 Å². The van der Waals surface area contributed by atoms with E-state index in [1.807, 2.05) is 6.92 Å². The summed E-state index contributed by atoms with van der Waals surface area (Å²) in [6.07, 6.45) is -0.648. The summed E-state index contributed by atoms with van der Waals surface area (Å²) in [5.41, 5.74) is 0. The zero-order valence-corrected chi connectivity index (χ0v) is 5.70. The highest BCUT2D eigenvalue weighted by molar-refractivity contribution is 4.80. The molecule has 1 fully saturated rings. The summed E-state index contributed by atoms with van der Waals surface area (Å²) in [6.45, 7) is 2.35. The van der Waals surface area contributed by atoms with Gasteiger partial charge in [0, 0.05) is 7.11 Å². The van der Waals surface area contributed by atoms with E-state index in [4.69, 9.17) is 9.47 Å². The molecule has 0 aliphatic carbocycles. The van der Waals surface area contributed by atoms with E-state index in [9.17, 15) is 5.11 Å². The van der Waals surface area contributed by atoms with Gasteiger partial charge in [0.15, 0.2) is 0 Å². The number of hydrogen-bond acceptors (Lipinski definition) is 3. The first-order valence-corrected chi connectivity index (χ1v) is 3.08. The third-order valence-corrected chi connectivity index (χ3v) is 1.69. The average Bonchev–Trinajstić information content (AvgIpc) is 2.15. The van der Waals surface area contributed by atoms with E-state index in [1.54, 1.807) is 7.11 Å². The maximum atomic E-state index is 9.21. The lowest BCUT2D eigenvalue weighted by Crippen LogP contribution is -2.29. The largest absolute Gasteiger partial charge is 0.388 e. The van der Waals surface area contributed by atoms with Crippen LogP contribution in [0.15, 0.2) is 0 Å². The van der Waals surface area contributed by atoms with Crippen molar-refractivity contribution in [2.75, 3.05) is 13.7 Å². The van der Waals surface area contributed by atoms with E-state index in [0.29, 0.717) is 6.61 Å². The summed E-state index contributed by atoms with van der Waals surface area (Å²) in [4.78, 5) is 0. The van der Waals surface area contributed by atoms with Crippen molar-refractivity contribution in [3.63, 3.8) is 0 Å². The van der Waals surface area contributed by atoms with Gasteiger partial charge in [-0.3, -0.25) is 0 Å². The predicted molar refractivity (Wildman–Crippen MR) is 32.2 cm³/mol. The van der Waals surface area contributed by atoms with Gasteiger partial charge < -0.3 is 14.6 Å². The minimum atomic E-state index is -0.449. The Morgan fingerprint density at radius 3 is 2.56 bits per heavy atom. The lowest BCUT2D eigenvalue weighted by molar-refractivity contribution is 0.00925. The molecule has 0 aromatic rings. The molecule has 54 valence electrons. The van der Waals surface area contributed by atoms with E-state index in [2.05, 4.69) is 0 Å². The standard InChI is InChI=1S/C6H12O3/c1-4-6(7)5(8-2)3-9-4/h4-7H,3H2,1-2H3/t4-,5-,6?/m0/s1. The molecule has 1 N–H and O–H groups in total. The highest BCUT2D eigenvalue weighted by Gasteiger charge is 2.32. The Balaban J connectivity index is 2.41. The molecule has 1 aliphatic rings. The lowest BCUT2D eigenvalue weighted by Gasteiger charge is -2.11. The highest BCUT2D eigenvalue weighted by Crippen LogP contribution is 2.15. The van der Waals surface area contributed by atoms with E-state index < -0.39 is 6.10 Å². The number of hydrogen-bond donors (Lipinski definition) is 1. The molecule has 3 nitrogen and oxygen atoms in total. The summed E-state index contributed by atoms with van der Waals surface area (Å²) in [6, 6.07) is 0. The first-order valence-electron chi connectivity index (χ1n) is 3.08. The third-order valence-electron chi connectivity index (χ3n) is 1.69. The first kappa shape index (κ1) is 6.99. The highest BCUT2D eigenvalue weighted by atomic mass is 16.6. The molecule has 1 rings (SSSR count). The summed E-state index contributed by atoms with van der Waals surface area (Å²) >= 11 is 0. The number of aliphatic hydroxyl groups excluding tert-OH is 1. The Morgan fingerprint density at radius 2 is 2.33 bits per heavy atom. The van der Waals surface area contributed by atoms with Crippen LogP contribution in [0.25, 0.3) is 0 Å². The summed E-state index contributed by atoms with van der Waals surface area (Å²) in [5, 5.41) is 9.21. The topological polar surface area (TPSA) is 38.7 Å². The molecule has 1 heterocycles. The monoisotopic (exact) mass is 132 g/mol. The molecular formula is C6H12O3. The Bertz CT molecular complexity index is 94.3. The maximum absolute atomic E-state index is 9.21. The van der Waals surface area contributed by atoms with Crippen molar-refractivity contribution in [1.82, 2.24) is 0 Å². The van der Waals surface area contributed by atoms with E-state index in [-0.39, 0.29) is 12.2 Å². The van der Waals surface area contributed by atoms with Crippen LogP contribution in [0, 0.1) is 0 Å². The molecule has 1 unspecified atom stereocenters. The zero-order chi connectivity index (χ0) is 6.85. The molecule has 0 aromatic carbocycles. The molecule has 0 bridgehead atoms. The Hall–Kier alpha value is -0.120. The molecule has 3 atom stereocenters. The normalized spacial score (nSPS) is 43.7. The molecular weight excluding hydrogens is 120 g/mol. The van der Waals surface area contributed by atoms with E-state index in [0.717, 1.165) is 0 Å². The Kier molecular flexibility index (Phi) is 2.05. The minimum absolute atomic E-state index is 0.0741. The van der Waals surface area contributed by atoms with Crippen LogP contribution in [0.5, 0.6) is 0 Å². The fourth-order valence-electron chi connectivity index (χ4n) is 0.954. The fraction of sp³-hybridized carbons (Fsp3) is 1.00. The van der Waals surface area contributed by atoms with Crippen molar-refractivity contribution in [3.05, 3.63) is 0 Å². The first-order chi connectivity index (χ1) is 4.25. The molecule has 0 spiro atoms. The van der Waals surface area contributed by atoms with Crippen molar-refractivity contribution in [3.8, 4) is 0 Å². The van der Waals surface area contributed by atoms with Gasteiger partial charge in [-0.25, -0.2) is 0 Å². The quantitative estimate of drug-likeness (QED) is 0.536. The molecule has 0 amide bonds. The number of ether oxygens (including phenoxy) is 2. The van der Waals surface area contributed by atoms with Crippen LogP contribution in [0.1, 0.15) is 6.92 Å². The molecule has 1 aliphatic heterocycles. The van der Waals surface area contributed by atoms with Crippen molar-refractivity contribution in [2.45, 2.75) is 25.2 Å². The number of aliphatic hydroxyl groups is 1. The van der Waals surface area contributed by atoms with Gasteiger partial charge in [0.1, 0.15) is 12.2 Å². The van der Waals surface area contributed by atoms with Crippen molar-refractivity contribution in [2.24, 2.45) is 0 Å².